The Hall–Kier alpha value is -1.35. The Morgan fingerprint density at radius 2 is 1.95 bits per heavy atom. The number of benzene rings is 1. The van der Waals surface area contributed by atoms with Gasteiger partial charge in [-0.1, -0.05) is 43.2 Å². The highest BCUT2D eigenvalue weighted by Crippen LogP contribution is 2.29. The quantitative estimate of drug-likeness (QED) is 0.783. The molecule has 0 aliphatic heterocycles. The molecule has 0 bridgehead atoms. The maximum atomic E-state index is 12.2. The van der Waals surface area contributed by atoms with Crippen LogP contribution in [0.15, 0.2) is 30.3 Å². The number of nitrogens with two attached hydrogens (primary N) is 1. The Balaban J connectivity index is 1.69. The molecule has 0 heterocycles. The molecule has 20 heavy (non-hydrogen) atoms. The zero-order valence-corrected chi connectivity index (χ0v) is 12.2. The topological polar surface area (TPSA) is 55.1 Å². The van der Waals surface area contributed by atoms with Gasteiger partial charge in [-0.15, -0.1) is 0 Å². The van der Waals surface area contributed by atoms with Gasteiger partial charge in [0.15, 0.2) is 0 Å². The van der Waals surface area contributed by atoms with Crippen molar-refractivity contribution >= 4 is 5.91 Å². The Morgan fingerprint density at radius 1 is 1.20 bits per heavy atom. The summed E-state index contributed by atoms with van der Waals surface area (Å²) in [6.45, 7) is 1.41. The number of rotatable bonds is 6. The van der Waals surface area contributed by atoms with Gasteiger partial charge in [-0.3, -0.25) is 4.79 Å². The second-order valence-corrected chi connectivity index (χ2v) is 5.77. The van der Waals surface area contributed by atoms with Crippen LogP contribution in [0.5, 0.6) is 0 Å². The first kappa shape index (κ1) is 15.0. The lowest BCUT2D eigenvalue weighted by Gasteiger charge is -2.29. The molecule has 1 aromatic carbocycles. The molecule has 1 fully saturated rings. The van der Waals surface area contributed by atoms with Crippen molar-refractivity contribution in [2.45, 2.75) is 38.5 Å². The zero-order chi connectivity index (χ0) is 14.2. The minimum absolute atomic E-state index is 0.144. The van der Waals surface area contributed by atoms with Crippen LogP contribution in [0.4, 0.5) is 0 Å². The molecule has 1 aromatic rings. The van der Waals surface area contributed by atoms with E-state index in [1.807, 2.05) is 6.07 Å². The number of carbonyl (C=O) groups excluding carboxylic acids is 1. The lowest BCUT2D eigenvalue weighted by Crippen LogP contribution is -2.39. The number of aryl methyl sites for hydroxylation is 1. The highest BCUT2D eigenvalue weighted by atomic mass is 16.1. The molecule has 0 radical (unpaired) electrons. The minimum atomic E-state index is 0.144. The van der Waals surface area contributed by atoms with E-state index in [-0.39, 0.29) is 11.8 Å². The second-order valence-electron chi connectivity index (χ2n) is 5.77. The second kappa shape index (κ2) is 8.05. The largest absolute Gasteiger partial charge is 0.356 e. The van der Waals surface area contributed by atoms with Crippen LogP contribution in [0.1, 0.15) is 37.7 Å². The van der Waals surface area contributed by atoms with Gasteiger partial charge in [0.05, 0.1) is 0 Å². The Labute approximate surface area is 121 Å². The molecule has 2 atom stereocenters. The molecule has 3 nitrogen and oxygen atoms in total. The van der Waals surface area contributed by atoms with Crippen molar-refractivity contribution in [1.29, 1.82) is 0 Å². The van der Waals surface area contributed by atoms with Gasteiger partial charge < -0.3 is 11.1 Å². The third-order valence-electron chi connectivity index (χ3n) is 4.33. The van der Waals surface area contributed by atoms with Crippen molar-refractivity contribution in [2.75, 3.05) is 13.1 Å². The van der Waals surface area contributed by atoms with Crippen LogP contribution in [-0.4, -0.2) is 19.0 Å². The number of amides is 1. The lowest BCUT2D eigenvalue weighted by atomic mass is 9.79. The molecule has 110 valence electrons. The van der Waals surface area contributed by atoms with Crippen LogP contribution in [0.3, 0.4) is 0 Å². The Bertz CT molecular complexity index is 405. The molecule has 0 aromatic heterocycles. The van der Waals surface area contributed by atoms with Gasteiger partial charge in [-0.2, -0.15) is 0 Å². The first-order chi connectivity index (χ1) is 9.81. The average Bonchev–Trinajstić information content (AvgIpc) is 2.52. The third kappa shape index (κ3) is 4.34. The molecule has 0 spiro atoms. The van der Waals surface area contributed by atoms with E-state index in [2.05, 4.69) is 29.6 Å². The predicted molar refractivity (Wildman–Crippen MR) is 82.3 cm³/mol. The van der Waals surface area contributed by atoms with E-state index in [0.717, 1.165) is 32.2 Å². The van der Waals surface area contributed by atoms with Crippen molar-refractivity contribution in [3.05, 3.63) is 35.9 Å². The molecule has 1 amide bonds. The van der Waals surface area contributed by atoms with E-state index in [4.69, 9.17) is 5.73 Å². The van der Waals surface area contributed by atoms with Crippen LogP contribution in [0.25, 0.3) is 0 Å². The normalized spacial score (nSPS) is 22.4. The highest BCUT2D eigenvalue weighted by molar-refractivity contribution is 5.79. The summed E-state index contributed by atoms with van der Waals surface area (Å²) in [5.41, 5.74) is 7.11. The SMILES string of the molecule is NCC1CCCCC1C(=O)NCCCc1ccccc1. The molecule has 1 aliphatic carbocycles. The monoisotopic (exact) mass is 274 g/mol. The van der Waals surface area contributed by atoms with E-state index in [0.29, 0.717) is 12.5 Å². The molecule has 0 saturated heterocycles. The highest BCUT2D eigenvalue weighted by Gasteiger charge is 2.29. The fourth-order valence-electron chi connectivity index (χ4n) is 3.11. The van der Waals surface area contributed by atoms with Crippen molar-refractivity contribution < 1.29 is 4.79 Å². The molecule has 2 rings (SSSR count). The van der Waals surface area contributed by atoms with Crippen molar-refractivity contribution in [2.24, 2.45) is 17.6 Å². The number of carbonyl (C=O) groups is 1. The fraction of sp³-hybridized carbons (Fsp3) is 0.588. The van der Waals surface area contributed by atoms with Gasteiger partial charge in [0, 0.05) is 12.5 Å². The van der Waals surface area contributed by atoms with Gasteiger partial charge in [-0.05, 0) is 43.7 Å². The predicted octanol–water partition coefficient (Wildman–Crippen LogP) is 2.50. The molecule has 1 saturated carbocycles. The van der Waals surface area contributed by atoms with Crippen LogP contribution in [0, 0.1) is 11.8 Å². The average molecular weight is 274 g/mol. The van der Waals surface area contributed by atoms with Crippen LogP contribution in [0.2, 0.25) is 0 Å². The summed E-state index contributed by atoms with van der Waals surface area (Å²) in [5, 5.41) is 3.09. The Morgan fingerprint density at radius 3 is 2.70 bits per heavy atom. The first-order valence-corrected chi connectivity index (χ1v) is 7.83. The maximum Gasteiger partial charge on any atom is 0.223 e. The van der Waals surface area contributed by atoms with Crippen molar-refractivity contribution in [3.8, 4) is 0 Å². The van der Waals surface area contributed by atoms with Crippen LogP contribution in [-0.2, 0) is 11.2 Å². The van der Waals surface area contributed by atoms with E-state index in [1.54, 1.807) is 0 Å². The molecule has 2 unspecified atom stereocenters. The Kier molecular flexibility index (Phi) is 6.06. The van der Waals surface area contributed by atoms with E-state index in [9.17, 15) is 4.79 Å². The smallest absolute Gasteiger partial charge is 0.223 e. The van der Waals surface area contributed by atoms with Crippen molar-refractivity contribution in [3.63, 3.8) is 0 Å². The van der Waals surface area contributed by atoms with Gasteiger partial charge in [0.1, 0.15) is 0 Å². The lowest BCUT2D eigenvalue weighted by molar-refractivity contribution is -0.127. The zero-order valence-electron chi connectivity index (χ0n) is 12.2. The van der Waals surface area contributed by atoms with Crippen LogP contribution < -0.4 is 11.1 Å². The fourth-order valence-corrected chi connectivity index (χ4v) is 3.11. The van der Waals surface area contributed by atoms with Crippen molar-refractivity contribution in [1.82, 2.24) is 5.32 Å². The van der Waals surface area contributed by atoms with E-state index >= 15 is 0 Å². The van der Waals surface area contributed by atoms with E-state index in [1.165, 1.54) is 18.4 Å². The summed E-state index contributed by atoms with van der Waals surface area (Å²) in [6.07, 6.45) is 6.52. The first-order valence-electron chi connectivity index (χ1n) is 7.83. The van der Waals surface area contributed by atoms with Gasteiger partial charge in [0.2, 0.25) is 5.91 Å². The summed E-state index contributed by atoms with van der Waals surface area (Å²) in [7, 11) is 0. The minimum Gasteiger partial charge on any atom is -0.356 e. The summed E-state index contributed by atoms with van der Waals surface area (Å²) in [5.74, 6) is 0.747. The summed E-state index contributed by atoms with van der Waals surface area (Å²) in [6, 6.07) is 10.4. The standard InChI is InChI=1S/C17H26N2O/c18-13-15-10-4-5-11-16(15)17(20)19-12-6-9-14-7-2-1-3-8-14/h1-3,7-8,15-16H,4-6,9-13,18H2,(H,19,20). The van der Waals surface area contributed by atoms with Gasteiger partial charge >= 0.3 is 0 Å². The third-order valence-corrected chi connectivity index (χ3v) is 4.33. The molecular weight excluding hydrogens is 248 g/mol. The molecule has 1 aliphatic rings. The number of hydrogen-bond acceptors (Lipinski definition) is 2. The molecule has 3 heteroatoms. The molecular formula is C17H26N2O. The van der Waals surface area contributed by atoms with E-state index < -0.39 is 0 Å². The molecule has 3 N–H and O–H groups in total. The maximum absolute atomic E-state index is 12.2. The summed E-state index contributed by atoms with van der Waals surface area (Å²) < 4.78 is 0. The summed E-state index contributed by atoms with van der Waals surface area (Å²) >= 11 is 0. The van der Waals surface area contributed by atoms with Gasteiger partial charge in [-0.25, -0.2) is 0 Å². The van der Waals surface area contributed by atoms with Gasteiger partial charge in [0.25, 0.3) is 0 Å². The number of nitrogens with one attached hydrogen (secondary N) is 1. The summed E-state index contributed by atoms with van der Waals surface area (Å²) in [4.78, 5) is 12.2. The number of hydrogen-bond donors (Lipinski definition) is 2. The van der Waals surface area contributed by atoms with Crippen LogP contribution >= 0.6 is 0 Å².